The number of carbonyl (C=O) groups excluding carboxylic acids is 3. The normalized spacial score (nSPS) is 10.1. The number of hydrogen-bond acceptors (Lipinski definition) is 9. The number of nitrogens with one attached hydrogen (secondary N) is 2. The van der Waals surface area contributed by atoms with Crippen molar-refractivity contribution < 1.29 is 42.8 Å². The van der Waals surface area contributed by atoms with Crippen LogP contribution in [0, 0.1) is 0 Å². The number of hydrogen-bond donors (Lipinski definition) is 2. The van der Waals surface area contributed by atoms with Crippen molar-refractivity contribution in [2.24, 2.45) is 0 Å². The minimum absolute atomic E-state index is 0.00205. The molecular weight excluding hydrogens is 448 g/mol. The van der Waals surface area contributed by atoms with Crippen LogP contribution in [0.25, 0.3) is 0 Å². The van der Waals surface area contributed by atoms with E-state index in [2.05, 4.69) is 10.6 Å². The first-order valence-electron chi connectivity index (χ1n) is 10.0. The smallest absolute Gasteiger partial charge is 0.340 e. The second kappa shape index (κ2) is 12.2. The molecule has 0 aliphatic rings. The minimum atomic E-state index is -0.830. The van der Waals surface area contributed by atoms with Gasteiger partial charge in [0.15, 0.2) is 29.6 Å². The highest BCUT2D eigenvalue weighted by molar-refractivity contribution is 6.02. The third-order valence-electron chi connectivity index (χ3n) is 4.65. The van der Waals surface area contributed by atoms with E-state index in [0.29, 0.717) is 28.6 Å². The Morgan fingerprint density at radius 1 is 0.735 bits per heavy atom. The van der Waals surface area contributed by atoms with Gasteiger partial charge in [0.2, 0.25) is 5.91 Å². The number of rotatable bonds is 11. The van der Waals surface area contributed by atoms with Crippen LogP contribution >= 0.6 is 0 Å². The minimum Gasteiger partial charge on any atom is -0.496 e. The largest absolute Gasteiger partial charge is 0.496 e. The Labute approximate surface area is 197 Å². The third-order valence-corrected chi connectivity index (χ3v) is 4.65. The van der Waals surface area contributed by atoms with Gasteiger partial charge in [0.05, 0.1) is 46.8 Å². The zero-order valence-electron chi connectivity index (χ0n) is 19.9. The summed E-state index contributed by atoms with van der Waals surface area (Å²) in [7, 11) is 7.31. The first kappa shape index (κ1) is 26.1. The lowest BCUT2D eigenvalue weighted by Crippen LogP contribution is -2.28. The predicted molar refractivity (Wildman–Crippen MR) is 122 cm³/mol. The maximum Gasteiger partial charge on any atom is 0.340 e. The van der Waals surface area contributed by atoms with Crippen molar-refractivity contribution in [2.75, 3.05) is 47.5 Å². The molecule has 2 aromatic carbocycles. The van der Waals surface area contributed by atoms with Gasteiger partial charge in [-0.25, -0.2) is 4.79 Å². The van der Waals surface area contributed by atoms with Gasteiger partial charge in [-0.2, -0.15) is 0 Å². The fourth-order valence-corrected chi connectivity index (χ4v) is 3.03. The highest BCUT2D eigenvalue weighted by Gasteiger charge is 2.20. The van der Waals surface area contributed by atoms with Gasteiger partial charge in [0, 0.05) is 37.2 Å². The Morgan fingerprint density at radius 2 is 1.26 bits per heavy atom. The number of amides is 2. The Bertz CT molecular complexity index is 1050. The molecule has 2 aromatic rings. The molecule has 0 spiro atoms. The molecule has 2 amide bonds. The van der Waals surface area contributed by atoms with E-state index in [1.54, 1.807) is 12.1 Å². The van der Waals surface area contributed by atoms with E-state index in [9.17, 15) is 14.4 Å². The molecule has 0 bridgehead atoms. The van der Waals surface area contributed by atoms with Gasteiger partial charge in [-0.3, -0.25) is 9.59 Å². The molecule has 0 heterocycles. The van der Waals surface area contributed by atoms with E-state index in [-0.39, 0.29) is 23.5 Å². The summed E-state index contributed by atoms with van der Waals surface area (Å²) >= 11 is 0. The van der Waals surface area contributed by atoms with Crippen LogP contribution in [0.15, 0.2) is 24.3 Å². The zero-order chi connectivity index (χ0) is 25.3. The second-order valence-electron chi connectivity index (χ2n) is 6.81. The van der Waals surface area contributed by atoms with E-state index in [1.165, 1.54) is 54.6 Å². The van der Waals surface area contributed by atoms with Gasteiger partial charge in [-0.05, 0) is 6.07 Å². The molecule has 0 saturated heterocycles. The van der Waals surface area contributed by atoms with Crippen LogP contribution < -0.4 is 34.3 Å². The molecule has 0 saturated carbocycles. The van der Waals surface area contributed by atoms with Crippen molar-refractivity contribution in [3.8, 4) is 28.7 Å². The molecule has 0 radical (unpaired) electrons. The lowest BCUT2D eigenvalue weighted by molar-refractivity contribution is -0.124. The molecule has 2 rings (SSSR count). The monoisotopic (exact) mass is 476 g/mol. The molecule has 184 valence electrons. The van der Waals surface area contributed by atoms with Crippen molar-refractivity contribution in [3.05, 3.63) is 35.4 Å². The molecule has 0 fully saturated rings. The van der Waals surface area contributed by atoms with Crippen LogP contribution in [0.3, 0.4) is 0 Å². The van der Waals surface area contributed by atoms with Gasteiger partial charge < -0.3 is 39.1 Å². The van der Waals surface area contributed by atoms with E-state index in [1.807, 2.05) is 0 Å². The second-order valence-corrected chi connectivity index (χ2v) is 6.81. The number of esters is 1. The Kier molecular flexibility index (Phi) is 9.36. The molecule has 34 heavy (non-hydrogen) atoms. The standard InChI is InChI=1S/C23H28N2O9/c1-13(26)25-16-9-20(32-5)19(31-4)8-15(16)23(28)34-12-22(27)24-11-14-7-18(30-3)21(33-6)10-17(14)29-2/h7-10H,11-12H2,1-6H3,(H,24,27)(H,25,26). The van der Waals surface area contributed by atoms with E-state index >= 15 is 0 Å². The van der Waals surface area contributed by atoms with Gasteiger partial charge in [0.1, 0.15) is 5.75 Å². The number of ether oxygens (including phenoxy) is 6. The molecule has 0 aromatic heterocycles. The Hall–Kier alpha value is -4.15. The van der Waals surface area contributed by atoms with Crippen LogP contribution in [-0.2, 0) is 20.9 Å². The fraction of sp³-hybridized carbons (Fsp3) is 0.348. The van der Waals surface area contributed by atoms with Gasteiger partial charge >= 0.3 is 5.97 Å². The maximum absolute atomic E-state index is 12.6. The summed E-state index contributed by atoms with van der Waals surface area (Å²) in [4.78, 5) is 36.5. The zero-order valence-corrected chi connectivity index (χ0v) is 19.9. The topological polar surface area (TPSA) is 131 Å². The lowest BCUT2D eigenvalue weighted by atomic mass is 10.1. The molecule has 11 nitrogen and oxygen atoms in total. The van der Waals surface area contributed by atoms with Crippen molar-refractivity contribution >= 4 is 23.5 Å². The summed E-state index contributed by atoms with van der Waals surface area (Å²) in [6.07, 6.45) is 0. The van der Waals surface area contributed by atoms with Crippen LogP contribution in [0.1, 0.15) is 22.8 Å². The summed E-state index contributed by atoms with van der Waals surface area (Å²) in [5.41, 5.74) is 0.792. The van der Waals surface area contributed by atoms with Crippen LogP contribution in [-0.4, -0.2) is 59.9 Å². The molecule has 0 aliphatic heterocycles. The third kappa shape index (κ3) is 6.44. The van der Waals surface area contributed by atoms with Crippen molar-refractivity contribution in [3.63, 3.8) is 0 Å². The highest BCUT2D eigenvalue weighted by atomic mass is 16.5. The van der Waals surface area contributed by atoms with Crippen LogP contribution in [0.4, 0.5) is 5.69 Å². The van der Waals surface area contributed by atoms with Gasteiger partial charge in [-0.15, -0.1) is 0 Å². The molecule has 0 unspecified atom stereocenters. The Balaban J connectivity index is 2.10. The number of carbonyl (C=O) groups is 3. The van der Waals surface area contributed by atoms with Crippen molar-refractivity contribution in [1.82, 2.24) is 5.32 Å². The Morgan fingerprint density at radius 3 is 1.82 bits per heavy atom. The fourth-order valence-electron chi connectivity index (χ4n) is 3.03. The maximum atomic E-state index is 12.6. The number of methoxy groups -OCH3 is 5. The average Bonchev–Trinajstić information content (AvgIpc) is 2.84. The predicted octanol–water partition coefficient (Wildman–Crippen LogP) is 2.16. The van der Waals surface area contributed by atoms with Gasteiger partial charge in [-0.1, -0.05) is 0 Å². The highest BCUT2D eigenvalue weighted by Crippen LogP contribution is 2.35. The SMILES string of the molecule is COc1cc(OC)c(OC)cc1CNC(=O)COC(=O)c1cc(OC)c(OC)cc1NC(C)=O. The molecule has 0 atom stereocenters. The lowest BCUT2D eigenvalue weighted by Gasteiger charge is -2.15. The van der Waals surface area contributed by atoms with Crippen molar-refractivity contribution in [1.29, 1.82) is 0 Å². The quantitative estimate of drug-likeness (QED) is 0.469. The summed E-state index contributed by atoms with van der Waals surface area (Å²) < 4.78 is 31.4. The molecular formula is C23H28N2O9. The first-order chi connectivity index (χ1) is 16.3. The average molecular weight is 476 g/mol. The van der Waals surface area contributed by atoms with Crippen molar-refractivity contribution in [2.45, 2.75) is 13.5 Å². The summed E-state index contributed by atoms with van der Waals surface area (Å²) in [6.45, 7) is 0.831. The molecule has 11 heteroatoms. The van der Waals surface area contributed by atoms with E-state index in [4.69, 9.17) is 28.4 Å². The van der Waals surface area contributed by atoms with E-state index in [0.717, 1.165) is 0 Å². The number of benzene rings is 2. The summed E-state index contributed by atoms with van der Waals surface area (Å²) in [5.74, 6) is 0.225. The summed E-state index contributed by atoms with van der Waals surface area (Å²) in [6, 6.07) is 6.10. The summed E-state index contributed by atoms with van der Waals surface area (Å²) in [5, 5.41) is 5.19. The van der Waals surface area contributed by atoms with Crippen LogP contribution in [0.2, 0.25) is 0 Å². The first-order valence-corrected chi connectivity index (χ1v) is 10.0. The van der Waals surface area contributed by atoms with E-state index < -0.39 is 24.4 Å². The molecule has 0 aliphatic carbocycles. The van der Waals surface area contributed by atoms with Crippen LogP contribution in [0.5, 0.6) is 28.7 Å². The number of anilines is 1. The molecule has 2 N–H and O–H groups in total. The van der Waals surface area contributed by atoms with Gasteiger partial charge in [0.25, 0.3) is 5.91 Å².